The van der Waals surface area contributed by atoms with E-state index in [2.05, 4.69) is 30.0 Å². The molecule has 0 spiro atoms. The minimum Gasteiger partial charge on any atom is -0.481 e. The Morgan fingerprint density at radius 2 is 1.69 bits per heavy atom. The average molecular weight is 419 g/mol. The number of hydrogen-bond acceptors (Lipinski definition) is 4. The van der Waals surface area contributed by atoms with Gasteiger partial charge in [-0.1, -0.05) is 38.1 Å². The van der Waals surface area contributed by atoms with Crippen LogP contribution in [-0.4, -0.2) is 26.7 Å². The number of sulfonamides is 1. The van der Waals surface area contributed by atoms with E-state index in [0.717, 1.165) is 22.9 Å². The molecule has 2 N–H and O–H groups in total. The molecule has 0 radical (unpaired) electrons. The van der Waals surface area contributed by atoms with E-state index in [1.165, 1.54) is 0 Å². The Hall–Kier alpha value is -2.54. The summed E-state index contributed by atoms with van der Waals surface area (Å²) in [6.45, 7) is 9.73. The first-order chi connectivity index (χ1) is 13.5. The van der Waals surface area contributed by atoms with E-state index in [9.17, 15) is 13.2 Å². The molecule has 6 nitrogen and oxygen atoms in total. The van der Waals surface area contributed by atoms with Gasteiger partial charge < -0.3 is 10.1 Å². The Balaban J connectivity index is 2.06. The van der Waals surface area contributed by atoms with Gasteiger partial charge >= 0.3 is 0 Å². The van der Waals surface area contributed by atoms with Crippen molar-refractivity contribution in [1.82, 2.24) is 5.32 Å². The zero-order valence-corrected chi connectivity index (χ0v) is 18.6. The summed E-state index contributed by atoms with van der Waals surface area (Å²) < 4.78 is 31.2. The Kier molecular flexibility index (Phi) is 7.30. The van der Waals surface area contributed by atoms with Crippen LogP contribution in [-0.2, 0) is 14.8 Å². The van der Waals surface area contributed by atoms with E-state index < -0.39 is 16.1 Å². The Morgan fingerprint density at radius 3 is 2.31 bits per heavy atom. The molecule has 1 amide bonds. The second-order valence-corrected chi connectivity index (χ2v) is 9.42. The van der Waals surface area contributed by atoms with Crippen molar-refractivity contribution >= 4 is 21.6 Å². The molecule has 158 valence electrons. The summed E-state index contributed by atoms with van der Waals surface area (Å²) >= 11 is 0. The predicted molar refractivity (Wildman–Crippen MR) is 117 cm³/mol. The average Bonchev–Trinajstić information content (AvgIpc) is 2.61. The number of anilines is 1. The van der Waals surface area contributed by atoms with Crippen LogP contribution in [0, 0.1) is 6.92 Å². The third-order valence-electron chi connectivity index (χ3n) is 4.60. The van der Waals surface area contributed by atoms with Crippen molar-refractivity contribution in [2.45, 2.75) is 52.7 Å². The largest absolute Gasteiger partial charge is 0.481 e. The van der Waals surface area contributed by atoms with Gasteiger partial charge in [0.15, 0.2) is 6.10 Å². The van der Waals surface area contributed by atoms with Crippen LogP contribution >= 0.6 is 0 Å². The maximum Gasteiger partial charge on any atom is 0.261 e. The fourth-order valence-corrected chi connectivity index (χ4v) is 3.40. The van der Waals surface area contributed by atoms with Crippen LogP contribution in [0.3, 0.4) is 0 Å². The van der Waals surface area contributed by atoms with Gasteiger partial charge in [-0.25, -0.2) is 8.42 Å². The van der Waals surface area contributed by atoms with Crippen LogP contribution in [0.25, 0.3) is 0 Å². The number of amides is 1. The van der Waals surface area contributed by atoms with Gasteiger partial charge in [-0.15, -0.1) is 0 Å². The number of carbonyl (C=O) groups is 1. The zero-order valence-electron chi connectivity index (χ0n) is 17.8. The van der Waals surface area contributed by atoms with Crippen molar-refractivity contribution in [3.63, 3.8) is 0 Å². The van der Waals surface area contributed by atoms with Crippen LogP contribution in [0.5, 0.6) is 5.75 Å². The van der Waals surface area contributed by atoms with Crippen LogP contribution in [0.4, 0.5) is 5.69 Å². The summed E-state index contributed by atoms with van der Waals surface area (Å²) in [5.41, 5.74) is 3.37. The third-order valence-corrected chi connectivity index (χ3v) is 5.21. The number of benzene rings is 2. The molecule has 0 aromatic heterocycles. The molecule has 29 heavy (non-hydrogen) atoms. The molecule has 2 unspecified atom stereocenters. The highest BCUT2D eigenvalue weighted by Gasteiger charge is 2.19. The first kappa shape index (κ1) is 22.7. The molecular weight excluding hydrogens is 388 g/mol. The van der Waals surface area contributed by atoms with Crippen molar-refractivity contribution in [2.75, 3.05) is 11.0 Å². The smallest absolute Gasteiger partial charge is 0.261 e. The lowest BCUT2D eigenvalue weighted by Crippen LogP contribution is -2.37. The summed E-state index contributed by atoms with van der Waals surface area (Å²) in [5.74, 6) is 0.828. The summed E-state index contributed by atoms with van der Waals surface area (Å²) in [6, 6.07) is 12.7. The van der Waals surface area contributed by atoms with Crippen molar-refractivity contribution in [2.24, 2.45) is 0 Å². The summed E-state index contributed by atoms with van der Waals surface area (Å²) in [7, 11) is -3.36. The summed E-state index contributed by atoms with van der Waals surface area (Å²) in [4.78, 5) is 12.6. The number of ether oxygens (including phenoxy) is 1. The molecule has 2 atom stereocenters. The molecule has 7 heteroatoms. The molecule has 0 bridgehead atoms. The van der Waals surface area contributed by atoms with Gasteiger partial charge in [0.25, 0.3) is 5.91 Å². The second-order valence-electron chi connectivity index (χ2n) is 7.67. The maximum atomic E-state index is 12.6. The molecule has 0 heterocycles. The van der Waals surface area contributed by atoms with Crippen LogP contribution in [0.1, 0.15) is 56.3 Å². The van der Waals surface area contributed by atoms with Gasteiger partial charge in [0.2, 0.25) is 10.0 Å². The first-order valence-corrected chi connectivity index (χ1v) is 11.5. The fraction of sp³-hybridized carbons (Fsp3) is 0.409. The van der Waals surface area contributed by atoms with Crippen molar-refractivity contribution in [1.29, 1.82) is 0 Å². The van der Waals surface area contributed by atoms with E-state index in [-0.39, 0.29) is 11.9 Å². The lowest BCUT2D eigenvalue weighted by Gasteiger charge is -2.21. The molecule has 0 aliphatic rings. The molecule has 0 saturated carbocycles. The number of carbonyl (C=O) groups excluding carboxylic acids is 1. The molecule has 0 saturated heterocycles. The van der Waals surface area contributed by atoms with E-state index >= 15 is 0 Å². The van der Waals surface area contributed by atoms with E-state index in [0.29, 0.717) is 17.4 Å². The fourth-order valence-electron chi connectivity index (χ4n) is 2.85. The van der Waals surface area contributed by atoms with Crippen molar-refractivity contribution < 1.29 is 17.9 Å². The zero-order chi connectivity index (χ0) is 21.8. The molecular formula is C22H30N2O4S. The summed E-state index contributed by atoms with van der Waals surface area (Å²) in [5, 5.41) is 2.92. The minimum atomic E-state index is -3.36. The lowest BCUT2D eigenvalue weighted by molar-refractivity contribution is -0.127. The molecule has 2 aromatic rings. The maximum absolute atomic E-state index is 12.6. The van der Waals surface area contributed by atoms with Crippen LogP contribution in [0.2, 0.25) is 0 Å². The minimum absolute atomic E-state index is 0.242. The standard InChI is InChI=1S/C22H30N2O4S/c1-14(2)18-11-10-15(3)21(13-18)28-17(5)22(25)23-16(4)19-8-7-9-20(12-19)24-29(6,26)27/h7-14,16-17,24H,1-6H3,(H,23,25). The Bertz CT molecular complexity index is 971. The molecule has 0 fully saturated rings. The monoisotopic (exact) mass is 418 g/mol. The highest BCUT2D eigenvalue weighted by molar-refractivity contribution is 7.92. The predicted octanol–water partition coefficient (Wildman–Crippen LogP) is 4.13. The van der Waals surface area contributed by atoms with Gasteiger partial charge in [0.05, 0.1) is 12.3 Å². The van der Waals surface area contributed by atoms with Gasteiger partial charge in [0, 0.05) is 5.69 Å². The van der Waals surface area contributed by atoms with Gasteiger partial charge in [-0.3, -0.25) is 9.52 Å². The van der Waals surface area contributed by atoms with E-state index in [1.54, 1.807) is 25.1 Å². The third kappa shape index (κ3) is 6.78. The van der Waals surface area contributed by atoms with Gasteiger partial charge in [-0.2, -0.15) is 0 Å². The Morgan fingerprint density at radius 1 is 1.00 bits per heavy atom. The highest BCUT2D eigenvalue weighted by Crippen LogP contribution is 2.25. The van der Waals surface area contributed by atoms with Crippen molar-refractivity contribution in [3.05, 3.63) is 59.2 Å². The highest BCUT2D eigenvalue weighted by atomic mass is 32.2. The SMILES string of the molecule is Cc1ccc(C(C)C)cc1OC(C)C(=O)NC(C)c1cccc(NS(C)(=O)=O)c1. The van der Waals surface area contributed by atoms with E-state index in [4.69, 9.17) is 4.74 Å². The van der Waals surface area contributed by atoms with Crippen LogP contribution in [0.15, 0.2) is 42.5 Å². The summed E-state index contributed by atoms with van der Waals surface area (Å²) in [6.07, 6.45) is 0.427. The topological polar surface area (TPSA) is 84.5 Å². The quantitative estimate of drug-likeness (QED) is 0.675. The lowest BCUT2D eigenvalue weighted by atomic mass is 10.0. The van der Waals surface area contributed by atoms with Crippen molar-refractivity contribution in [3.8, 4) is 5.75 Å². The molecule has 0 aliphatic carbocycles. The Labute approximate surface area is 173 Å². The molecule has 0 aliphatic heterocycles. The number of hydrogen-bond donors (Lipinski definition) is 2. The van der Waals surface area contributed by atoms with E-state index in [1.807, 2.05) is 32.0 Å². The second kappa shape index (κ2) is 9.31. The number of nitrogens with one attached hydrogen (secondary N) is 2. The van der Waals surface area contributed by atoms with Gasteiger partial charge in [0.1, 0.15) is 5.75 Å². The molecule has 2 rings (SSSR count). The normalized spacial score (nSPS) is 13.6. The molecule has 2 aromatic carbocycles. The number of rotatable bonds is 8. The van der Waals surface area contributed by atoms with Crippen LogP contribution < -0.4 is 14.8 Å². The first-order valence-electron chi connectivity index (χ1n) is 9.61. The number of aryl methyl sites for hydroxylation is 1. The van der Waals surface area contributed by atoms with Gasteiger partial charge in [-0.05, 0) is 61.6 Å².